The molecule has 2 heteroatoms. The molecule has 0 atom stereocenters. The number of fused-ring (bicyclic) bond motifs is 1. The Morgan fingerprint density at radius 3 is 3.17 bits per heavy atom. The minimum Gasteiger partial charge on any atom is -0.293 e. The summed E-state index contributed by atoms with van der Waals surface area (Å²) in [7, 11) is 0. The van der Waals surface area contributed by atoms with Crippen LogP contribution in [0.3, 0.4) is 0 Å². The minimum atomic E-state index is 0.0980. The second-order valence-electron chi connectivity index (χ2n) is 2.80. The number of aliphatic imine (C=N–C) groups is 1. The molecule has 1 aliphatic carbocycles. The lowest BCUT2D eigenvalue weighted by molar-refractivity contribution is -0.111. The summed E-state index contributed by atoms with van der Waals surface area (Å²) in [4.78, 5) is 15.4. The van der Waals surface area contributed by atoms with Crippen molar-refractivity contribution in [1.29, 1.82) is 0 Å². The van der Waals surface area contributed by atoms with Gasteiger partial charge in [-0.05, 0) is 24.1 Å². The van der Waals surface area contributed by atoms with E-state index in [1.807, 2.05) is 6.08 Å². The third-order valence-electron chi connectivity index (χ3n) is 2.01. The molecule has 0 radical (unpaired) electrons. The summed E-state index contributed by atoms with van der Waals surface area (Å²) in [5.41, 5.74) is 1.92. The van der Waals surface area contributed by atoms with Gasteiger partial charge in [0.25, 0.3) is 0 Å². The maximum absolute atomic E-state index is 11.3. The number of nitrogens with zero attached hydrogens (tertiary/aromatic N) is 1. The highest BCUT2D eigenvalue weighted by Crippen LogP contribution is 2.20. The normalized spacial score (nSPS) is 21.2. The Hall–Kier alpha value is -1.44. The summed E-state index contributed by atoms with van der Waals surface area (Å²) in [5, 5.41) is 0. The molecule has 0 aromatic rings. The van der Waals surface area contributed by atoms with E-state index in [0.29, 0.717) is 0 Å². The van der Waals surface area contributed by atoms with Crippen molar-refractivity contribution in [3.63, 3.8) is 0 Å². The van der Waals surface area contributed by atoms with Crippen molar-refractivity contribution in [2.75, 3.05) is 6.54 Å². The first-order valence-corrected chi connectivity index (χ1v) is 4.00. The molecule has 0 unspecified atom stereocenters. The van der Waals surface area contributed by atoms with Gasteiger partial charge in [-0.1, -0.05) is 12.2 Å². The maximum atomic E-state index is 11.3. The van der Waals surface area contributed by atoms with E-state index >= 15 is 0 Å². The van der Waals surface area contributed by atoms with Crippen LogP contribution in [0.1, 0.15) is 6.42 Å². The second kappa shape index (κ2) is 2.89. The third kappa shape index (κ3) is 1.16. The summed E-state index contributed by atoms with van der Waals surface area (Å²) < 4.78 is 0. The molecule has 0 aromatic carbocycles. The summed E-state index contributed by atoms with van der Waals surface area (Å²) in [6.07, 6.45) is 9.77. The van der Waals surface area contributed by atoms with Crippen LogP contribution in [0.15, 0.2) is 40.4 Å². The first-order chi connectivity index (χ1) is 5.88. The number of rotatable bonds is 0. The van der Waals surface area contributed by atoms with Crippen molar-refractivity contribution >= 4 is 12.0 Å². The molecule has 0 spiro atoms. The van der Waals surface area contributed by atoms with Gasteiger partial charge in [0, 0.05) is 18.3 Å². The van der Waals surface area contributed by atoms with Crippen molar-refractivity contribution in [3.05, 3.63) is 35.5 Å². The van der Waals surface area contributed by atoms with E-state index in [4.69, 9.17) is 0 Å². The fourth-order valence-corrected chi connectivity index (χ4v) is 1.38. The zero-order chi connectivity index (χ0) is 8.39. The Bertz CT molecular complexity index is 332. The largest absolute Gasteiger partial charge is 0.293 e. The Morgan fingerprint density at radius 2 is 2.25 bits per heavy atom. The summed E-state index contributed by atoms with van der Waals surface area (Å²) in [6.45, 7) is 0.785. The molecule has 0 saturated carbocycles. The van der Waals surface area contributed by atoms with Gasteiger partial charge in [0.2, 0.25) is 0 Å². The number of carbonyl (C=O) groups is 1. The van der Waals surface area contributed by atoms with Crippen LogP contribution < -0.4 is 0 Å². The number of hydrogen-bond donors (Lipinski definition) is 0. The van der Waals surface area contributed by atoms with Gasteiger partial charge in [0.05, 0.1) is 0 Å². The number of hydrogen-bond acceptors (Lipinski definition) is 2. The van der Waals surface area contributed by atoms with Crippen molar-refractivity contribution in [1.82, 2.24) is 0 Å². The van der Waals surface area contributed by atoms with E-state index in [0.717, 1.165) is 24.1 Å². The first-order valence-electron chi connectivity index (χ1n) is 4.00. The van der Waals surface area contributed by atoms with Gasteiger partial charge in [-0.15, -0.1) is 0 Å². The summed E-state index contributed by atoms with van der Waals surface area (Å²) in [6, 6.07) is 0. The summed E-state index contributed by atoms with van der Waals surface area (Å²) >= 11 is 0. The minimum absolute atomic E-state index is 0.0980. The van der Waals surface area contributed by atoms with Gasteiger partial charge in [0.15, 0.2) is 5.78 Å². The SMILES string of the molecule is O=C1C=CC=C2CCN=CC=C12. The van der Waals surface area contributed by atoms with Crippen LogP contribution in [-0.4, -0.2) is 18.5 Å². The zero-order valence-electron chi connectivity index (χ0n) is 6.66. The molecule has 0 bridgehead atoms. The van der Waals surface area contributed by atoms with Crippen LogP contribution >= 0.6 is 0 Å². The number of carbonyl (C=O) groups excluding carboxylic acids is 1. The maximum Gasteiger partial charge on any atom is 0.186 e. The van der Waals surface area contributed by atoms with Gasteiger partial charge in [-0.3, -0.25) is 9.79 Å². The van der Waals surface area contributed by atoms with E-state index in [9.17, 15) is 4.79 Å². The molecule has 0 amide bonds. The Balaban J connectivity index is 2.43. The number of ketones is 1. The highest BCUT2D eigenvalue weighted by molar-refractivity contribution is 6.10. The van der Waals surface area contributed by atoms with Gasteiger partial charge >= 0.3 is 0 Å². The van der Waals surface area contributed by atoms with Crippen molar-refractivity contribution in [2.24, 2.45) is 4.99 Å². The fraction of sp³-hybridized carbons (Fsp3) is 0.200. The molecule has 0 N–H and O–H groups in total. The quantitative estimate of drug-likeness (QED) is 0.526. The zero-order valence-corrected chi connectivity index (χ0v) is 6.66. The highest BCUT2D eigenvalue weighted by atomic mass is 16.1. The van der Waals surface area contributed by atoms with E-state index < -0.39 is 0 Å². The topological polar surface area (TPSA) is 29.4 Å². The highest BCUT2D eigenvalue weighted by Gasteiger charge is 2.14. The molecule has 2 aliphatic rings. The number of allylic oxidation sites excluding steroid dienone is 5. The average molecular weight is 159 g/mol. The molecule has 1 heterocycles. The molecule has 2 nitrogen and oxygen atoms in total. The standard InChI is InChI=1S/C10H9NO/c12-10-3-1-2-8-4-6-11-7-5-9(8)10/h1-3,5,7H,4,6H2. The van der Waals surface area contributed by atoms with Gasteiger partial charge < -0.3 is 0 Å². The lowest BCUT2D eigenvalue weighted by Crippen LogP contribution is -2.05. The molecular formula is C10H9NO. The van der Waals surface area contributed by atoms with E-state index in [-0.39, 0.29) is 5.78 Å². The van der Waals surface area contributed by atoms with Crippen molar-refractivity contribution in [3.8, 4) is 0 Å². The Kier molecular flexibility index (Phi) is 1.74. The molecule has 12 heavy (non-hydrogen) atoms. The van der Waals surface area contributed by atoms with Gasteiger partial charge in [-0.25, -0.2) is 0 Å². The Labute approximate surface area is 71.0 Å². The van der Waals surface area contributed by atoms with Crippen LogP contribution in [0.5, 0.6) is 0 Å². The average Bonchev–Trinajstić information content (AvgIpc) is 2.30. The van der Waals surface area contributed by atoms with Gasteiger partial charge in [0.1, 0.15) is 0 Å². The fourth-order valence-electron chi connectivity index (χ4n) is 1.38. The smallest absolute Gasteiger partial charge is 0.186 e. The predicted octanol–water partition coefficient (Wildman–Crippen LogP) is 1.45. The second-order valence-corrected chi connectivity index (χ2v) is 2.80. The molecule has 0 aromatic heterocycles. The molecule has 0 saturated heterocycles. The molecule has 2 rings (SSSR count). The molecule has 60 valence electrons. The van der Waals surface area contributed by atoms with E-state index in [1.165, 1.54) is 0 Å². The lowest BCUT2D eigenvalue weighted by Gasteiger charge is -2.08. The predicted molar refractivity (Wildman–Crippen MR) is 48.3 cm³/mol. The van der Waals surface area contributed by atoms with Gasteiger partial charge in [-0.2, -0.15) is 0 Å². The molecular weight excluding hydrogens is 150 g/mol. The summed E-state index contributed by atoms with van der Waals surface area (Å²) in [5.74, 6) is 0.0980. The molecule has 1 aliphatic heterocycles. The monoisotopic (exact) mass is 159 g/mol. The third-order valence-corrected chi connectivity index (χ3v) is 2.01. The van der Waals surface area contributed by atoms with Crippen LogP contribution in [-0.2, 0) is 4.79 Å². The van der Waals surface area contributed by atoms with Crippen LogP contribution in [0.25, 0.3) is 0 Å². The van der Waals surface area contributed by atoms with Crippen LogP contribution in [0.2, 0.25) is 0 Å². The van der Waals surface area contributed by atoms with Crippen molar-refractivity contribution in [2.45, 2.75) is 6.42 Å². The van der Waals surface area contributed by atoms with Crippen LogP contribution in [0, 0.1) is 0 Å². The van der Waals surface area contributed by atoms with Crippen molar-refractivity contribution < 1.29 is 4.79 Å². The Morgan fingerprint density at radius 1 is 1.33 bits per heavy atom. The van der Waals surface area contributed by atoms with E-state index in [1.54, 1.807) is 24.4 Å². The lowest BCUT2D eigenvalue weighted by atomic mass is 9.95. The first kappa shape index (κ1) is 7.22. The van der Waals surface area contributed by atoms with Crippen LogP contribution in [0.4, 0.5) is 0 Å². The molecule has 0 fully saturated rings. The van der Waals surface area contributed by atoms with E-state index in [2.05, 4.69) is 4.99 Å².